The molecule has 6 nitrogen and oxygen atoms in total. The van der Waals surface area contributed by atoms with Crippen LogP contribution in [-0.4, -0.2) is 43.8 Å². The van der Waals surface area contributed by atoms with Crippen LogP contribution >= 0.6 is 0 Å². The fourth-order valence-corrected chi connectivity index (χ4v) is 4.13. The summed E-state index contributed by atoms with van der Waals surface area (Å²) in [7, 11) is -3.15. The molecule has 1 atom stereocenters. The van der Waals surface area contributed by atoms with Crippen LogP contribution in [0.4, 0.5) is 0 Å². The maximum atomic E-state index is 12.4. The van der Waals surface area contributed by atoms with Crippen molar-refractivity contribution in [3.8, 4) is 0 Å². The summed E-state index contributed by atoms with van der Waals surface area (Å²) in [6.07, 6.45) is 5.44. The molecule has 1 unspecified atom stereocenters. The van der Waals surface area contributed by atoms with Crippen molar-refractivity contribution in [3.63, 3.8) is 0 Å². The molecule has 1 saturated heterocycles. The van der Waals surface area contributed by atoms with Gasteiger partial charge in [0.1, 0.15) is 5.69 Å². The Labute approximate surface area is 124 Å². The predicted octanol–water partition coefficient (Wildman–Crippen LogP) is 0.453. The predicted molar refractivity (Wildman–Crippen MR) is 79.8 cm³/mol. The van der Waals surface area contributed by atoms with Gasteiger partial charge in [-0.2, -0.15) is 0 Å². The van der Waals surface area contributed by atoms with Crippen molar-refractivity contribution >= 4 is 15.7 Å². The Balaban J connectivity index is 1.71. The van der Waals surface area contributed by atoms with Crippen molar-refractivity contribution in [2.24, 2.45) is 0 Å². The van der Waals surface area contributed by atoms with E-state index in [2.05, 4.69) is 10.6 Å². The Morgan fingerprint density at radius 2 is 2.10 bits per heavy atom. The van der Waals surface area contributed by atoms with Crippen LogP contribution in [0.2, 0.25) is 0 Å². The van der Waals surface area contributed by atoms with E-state index in [1.165, 1.54) is 11.5 Å². The van der Waals surface area contributed by atoms with Gasteiger partial charge in [0.2, 0.25) is 0 Å². The number of piperidine rings is 1. The quantitative estimate of drug-likeness (QED) is 0.850. The van der Waals surface area contributed by atoms with Gasteiger partial charge in [-0.3, -0.25) is 4.79 Å². The molecule has 7 heteroatoms. The molecule has 1 aromatic rings. The van der Waals surface area contributed by atoms with Gasteiger partial charge >= 0.3 is 0 Å². The van der Waals surface area contributed by atoms with Crippen molar-refractivity contribution in [2.75, 3.05) is 18.8 Å². The van der Waals surface area contributed by atoms with Gasteiger partial charge in [-0.1, -0.05) is 0 Å². The van der Waals surface area contributed by atoms with Gasteiger partial charge in [-0.25, -0.2) is 8.42 Å². The summed E-state index contributed by atoms with van der Waals surface area (Å²) in [5, 5.41) is 7.25. The first-order chi connectivity index (χ1) is 10.1. The van der Waals surface area contributed by atoms with E-state index in [9.17, 15) is 13.2 Å². The average molecular weight is 309 g/mol. The summed E-state index contributed by atoms with van der Waals surface area (Å²) in [5.41, 5.74) is 0.597. The van der Waals surface area contributed by atoms with E-state index in [0.29, 0.717) is 11.7 Å². The number of nitrogens with one attached hydrogen (secondary N) is 2. The van der Waals surface area contributed by atoms with Gasteiger partial charge in [0, 0.05) is 17.6 Å². The van der Waals surface area contributed by atoms with Crippen LogP contribution in [0.25, 0.3) is 0 Å². The summed E-state index contributed by atoms with van der Waals surface area (Å²) < 4.78 is 24.7. The monoisotopic (exact) mass is 309 g/mol. The van der Waals surface area contributed by atoms with Crippen molar-refractivity contribution in [1.29, 1.82) is 0 Å². The standard InChI is InChI=1S/C14H19N3O3S/c18-14(16-11-5-9-21(19,20)10-11)13-2-1-8-17(13)12-3-6-15-7-4-12/h1-2,5,8-9,11-12,15H,3-4,6-7,10H2,(H,16,18). The maximum Gasteiger partial charge on any atom is 0.268 e. The molecule has 0 saturated carbocycles. The molecule has 2 N–H and O–H groups in total. The molecule has 1 fully saturated rings. The number of amides is 1. The third kappa shape index (κ3) is 3.19. The van der Waals surface area contributed by atoms with E-state index in [1.807, 2.05) is 16.8 Å². The van der Waals surface area contributed by atoms with Gasteiger partial charge in [0.25, 0.3) is 5.91 Å². The van der Waals surface area contributed by atoms with E-state index < -0.39 is 15.9 Å². The number of hydrogen-bond donors (Lipinski definition) is 2. The molecule has 0 aromatic carbocycles. The molecule has 114 valence electrons. The Kier molecular flexibility index (Phi) is 3.86. The van der Waals surface area contributed by atoms with Gasteiger partial charge in [0.15, 0.2) is 9.84 Å². The number of carbonyl (C=O) groups excluding carboxylic acids is 1. The number of nitrogens with zero attached hydrogens (tertiary/aromatic N) is 1. The summed E-state index contributed by atoms with van der Waals surface area (Å²) in [6.45, 7) is 1.90. The Morgan fingerprint density at radius 1 is 1.33 bits per heavy atom. The highest BCUT2D eigenvalue weighted by Crippen LogP contribution is 2.21. The van der Waals surface area contributed by atoms with E-state index in [4.69, 9.17) is 0 Å². The first-order valence-electron chi connectivity index (χ1n) is 7.14. The number of aromatic nitrogens is 1. The summed E-state index contributed by atoms with van der Waals surface area (Å²) in [6, 6.07) is 3.53. The lowest BCUT2D eigenvalue weighted by molar-refractivity contribution is 0.0935. The van der Waals surface area contributed by atoms with Gasteiger partial charge in [0.05, 0.1) is 11.8 Å². The number of hydrogen-bond acceptors (Lipinski definition) is 4. The third-order valence-corrected chi connectivity index (χ3v) is 5.36. The summed E-state index contributed by atoms with van der Waals surface area (Å²) in [4.78, 5) is 12.4. The van der Waals surface area contributed by atoms with Crippen LogP contribution in [0.5, 0.6) is 0 Å². The minimum atomic E-state index is -3.15. The molecular weight excluding hydrogens is 290 g/mol. The molecule has 1 amide bonds. The second kappa shape index (κ2) is 5.65. The number of sulfone groups is 1. The zero-order valence-corrected chi connectivity index (χ0v) is 12.5. The Morgan fingerprint density at radius 3 is 2.76 bits per heavy atom. The lowest BCUT2D eigenvalue weighted by Gasteiger charge is -2.26. The fraction of sp³-hybridized carbons (Fsp3) is 0.500. The van der Waals surface area contributed by atoms with E-state index in [-0.39, 0.29) is 11.7 Å². The highest BCUT2D eigenvalue weighted by Gasteiger charge is 2.25. The number of rotatable bonds is 3. The summed E-state index contributed by atoms with van der Waals surface area (Å²) in [5.74, 6) is -0.266. The second-order valence-electron chi connectivity index (χ2n) is 5.52. The lowest BCUT2D eigenvalue weighted by Crippen LogP contribution is -2.37. The molecule has 0 spiro atoms. The van der Waals surface area contributed by atoms with Crippen molar-refractivity contribution < 1.29 is 13.2 Å². The number of carbonyl (C=O) groups is 1. The Hall–Kier alpha value is -1.60. The first-order valence-corrected chi connectivity index (χ1v) is 8.86. The highest BCUT2D eigenvalue weighted by atomic mass is 32.2. The zero-order valence-electron chi connectivity index (χ0n) is 11.7. The summed E-state index contributed by atoms with van der Waals surface area (Å²) >= 11 is 0. The van der Waals surface area contributed by atoms with Crippen molar-refractivity contribution in [1.82, 2.24) is 15.2 Å². The van der Waals surface area contributed by atoms with E-state index in [0.717, 1.165) is 25.9 Å². The second-order valence-corrected chi connectivity index (χ2v) is 7.45. The molecule has 1 aromatic heterocycles. The molecular formula is C14H19N3O3S. The molecule has 0 radical (unpaired) electrons. The maximum absolute atomic E-state index is 12.4. The SMILES string of the molecule is O=C(NC1C=CS(=O)(=O)C1)c1cccn1C1CCNCC1. The van der Waals surface area contributed by atoms with E-state index in [1.54, 1.807) is 6.07 Å². The lowest BCUT2D eigenvalue weighted by atomic mass is 10.1. The van der Waals surface area contributed by atoms with Crippen LogP contribution in [0.1, 0.15) is 29.4 Å². The first kappa shape index (κ1) is 14.3. The fourth-order valence-electron chi connectivity index (χ4n) is 2.90. The molecule has 0 bridgehead atoms. The minimum Gasteiger partial charge on any atom is -0.343 e. The Bertz CT molecular complexity index is 657. The molecule has 3 heterocycles. The topological polar surface area (TPSA) is 80.2 Å². The third-order valence-electron chi connectivity index (χ3n) is 3.96. The van der Waals surface area contributed by atoms with Crippen LogP contribution in [0.15, 0.2) is 29.8 Å². The van der Waals surface area contributed by atoms with Crippen LogP contribution in [0, 0.1) is 0 Å². The molecule has 0 aliphatic carbocycles. The largest absolute Gasteiger partial charge is 0.343 e. The highest BCUT2D eigenvalue weighted by molar-refractivity contribution is 7.94. The van der Waals surface area contributed by atoms with Crippen molar-refractivity contribution in [2.45, 2.75) is 24.9 Å². The molecule has 2 aliphatic heterocycles. The van der Waals surface area contributed by atoms with Crippen molar-refractivity contribution in [3.05, 3.63) is 35.5 Å². The smallest absolute Gasteiger partial charge is 0.268 e. The van der Waals surface area contributed by atoms with Gasteiger partial charge in [-0.15, -0.1) is 0 Å². The normalized spacial score (nSPS) is 25.0. The van der Waals surface area contributed by atoms with Crippen LogP contribution in [-0.2, 0) is 9.84 Å². The minimum absolute atomic E-state index is 0.0488. The molecule has 2 aliphatic rings. The van der Waals surface area contributed by atoms with Gasteiger partial charge in [-0.05, 0) is 44.1 Å². The van der Waals surface area contributed by atoms with Gasteiger partial charge < -0.3 is 15.2 Å². The van der Waals surface area contributed by atoms with Crippen LogP contribution in [0.3, 0.4) is 0 Å². The van der Waals surface area contributed by atoms with E-state index >= 15 is 0 Å². The average Bonchev–Trinajstić information content (AvgIpc) is 3.06. The molecule has 21 heavy (non-hydrogen) atoms. The van der Waals surface area contributed by atoms with Crippen LogP contribution < -0.4 is 10.6 Å². The molecule has 3 rings (SSSR count). The zero-order chi connectivity index (χ0) is 14.9.